The zero-order valence-electron chi connectivity index (χ0n) is 14.7. The van der Waals surface area contributed by atoms with E-state index in [0.717, 1.165) is 17.2 Å². The van der Waals surface area contributed by atoms with Crippen molar-refractivity contribution in [1.29, 1.82) is 0 Å². The van der Waals surface area contributed by atoms with Gasteiger partial charge in [-0.25, -0.2) is 13.4 Å². The average molecular weight is 380 g/mol. The number of sulfonamides is 1. The molecule has 0 saturated carbocycles. The second-order valence-corrected chi connectivity index (χ2v) is 8.06. The molecule has 2 heterocycles. The Morgan fingerprint density at radius 1 is 0.889 bits per heavy atom. The van der Waals surface area contributed by atoms with Crippen molar-refractivity contribution in [3.05, 3.63) is 60.7 Å². The molecular formula is C19H16N4O3S. The lowest BCUT2D eigenvalue weighted by Gasteiger charge is -2.18. The Morgan fingerprint density at radius 3 is 2.41 bits per heavy atom. The Bertz CT molecular complexity index is 1230. The van der Waals surface area contributed by atoms with Crippen molar-refractivity contribution in [3.8, 4) is 23.0 Å². The van der Waals surface area contributed by atoms with E-state index < -0.39 is 10.0 Å². The minimum Gasteiger partial charge on any atom is -0.415 e. The van der Waals surface area contributed by atoms with E-state index in [0.29, 0.717) is 16.9 Å². The molecule has 8 heteroatoms. The van der Waals surface area contributed by atoms with Gasteiger partial charge in [0.1, 0.15) is 5.69 Å². The van der Waals surface area contributed by atoms with Crippen LogP contribution in [-0.4, -0.2) is 36.9 Å². The Labute approximate surface area is 156 Å². The van der Waals surface area contributed by atoms with Crippen LogP contribution in [0.2, 0.25) is 0 Å². The Hall–Kier alpha value is -3.26. The van der Waals surface area contributed by atoms with Crippen molar-refractivity contribution in [3.63, 3.8) is 0 Å². The Kier molecular flexibility index (Phi) is 4.12. The number of pyridine rings is 1. The summed E-state index contributed by atoms with van der Waals surface area (Å²) in [5, 5.41) is 9.19. The van der Waals surface area contributed by atoms with Crippen LogP contribution < -0.4 is 4.31 Å². The van der Waals surface area contributed by atoms with Gasteiger partial charge in [-0.2, -0.15) is 0 Å². The lowest BCUT2D eigenvalue weighted by molar-refractivity contribution is 0.582. The zero-order chi connectivity index (χ0) is 19.0. The molecule has 2 aromatic carbocycles. The minimum absolute atomic E-state index is 0.228. The van der Waals surface area contributed by atoms with E-state index in [4.69, 9.17) is 4.42 Å². The fourth-order valence-electron chi connectivity index (χ4n) is 2.73. The predicted molar refractivity (Wildman–Crippen MR) is 104 cm³/mol. The molecule has 0 atom stereocenters. The Morgan fingerprint density at radius 2 is 1.59 bits per heavy atom. The number of hydrogen-bond acceptors (Lipinski definition) is 6. The summed E-state index contributed by atoms with van der Waals surface area (Å²) in [5.74, 6) is 0.499. The van der Waals surface area contributed by atoms with Gasteiger partial charge in [0.25, 0.3) is 5.89 Å². The number of anilines is 1. The fraction of sp³-hybridized carbons (Fsp3) is 0.105. The number of hydrogen-bond donors (Lipinski definition) is 0. The highest BCUT2D eigenvalue weighted by atomic mass is 32.2. The van der Waals surface area contributed by atoms with Gasteiger partial charge in [-0.3, -0.25) is 4.31 Å². The summed E-state index contributed by atoms with van der Waals surface area (Å²) in [4.78, 5) is 4.55. The first-order valence-corrected chi connectivity index (χ1v) is 10.0. The van der Waals surface area contributed by atoms with Crippen LogP contribution in [0.25, 0.3) is 33.9 Å². The Balaban J connectivity index is 1.77. The molecule has 0 unspecified atom stereocenters. The first kappa shape index (κ1) is 17.2. The topological polar surface area (TPSA) is 89.2 Å². The van der Waals surface area contributed by atoms with E-state index in [1.165, 1.54) is 11.4 Å². The van der Waals surface area contributed by atoms with E-state index in [1.54, 1.807) is 24.3 Å². The van der Waals surface area contributed by atoms with E-state index in [9.17, 15) is 8.42 Å². The summed E-state index contributed by atoms with van der Waals surface area (Å²) in [6.07, 6.45) is 1.14. The number of para-hydroxylation sites is 2. The van der Waals surface area contributed by atoms with Crippen molar-refractivity contribution in [1.82, 2.24) is 15.2 Å². The summed E-state index contributed by atoms with van der Waals surface area (Å²) < 4.78 is 30.8. The second kappa shape index (κ2) is 6.48. The highest BCUT2D eigenvalue weighted by Gasteiger charge is 2.20. The summed E-state index contributed by atoms with van der Waals surface area (Å²) in [6.45, 7) is 0. The van der Waals surface area contributed by atoms with Crippen molar-refractivity contribution in [2.75, 3.05) is 17.6 Å². The van der Waals surface area contributed by atoms with Gasteiger partial charge in [-0.1, -0.05) is 36.4 Å². The summed E-state index contributed by atoms with van der Waals surface area (Å²) in [7, 11) is -1.94. The normalized spacial score (nSPS) is 11.6. The zero-order valence-corrected chi connectivity index (χ0v) is 15.5. The van der Waals surface area contributed by atoms with Crippen LogP contribution in [0.15, 0.2) is 65.1 Å². The molecule has 7 nitrogen and oxygen atoms in total. The minimum atomic E-state index is -3.42. The van der Waals surface area contributed by atoms with Gasteiger partial charge in [-0.15, -0.1) is 10.2 Å². The molecule has 0 bridgehead atoms. The van der Waals surface area contributed by atoms with E-state index in [-0.39, 0.29) is 11.8 Å². The maximum atomic E-state index is 11.9. The van der Waals surface area contributed by atoms with Crippen LogP contribution in [0.5, 0.6) is 0 Å². The van der Waals surface area contributed by atoms with Crippen LogP contribution in [0.1, 0.15) is 0 Å². The number of benzene rings is 2. The smallest absolute Gasteiger partial charge is 0.266 e. The standard InChI is InChI=1S/C19H16N4O3S/c1-23(27(2,24)25)17-10-6-4-8-14(17)18-21-22-19(26-18)16-12-11-13-7-3-5-9-15(13)20-16/h3-12H,1-2H3. The predicted octanol–water partition coefficient (Wildman–Crippen LogP) is 3.35. The van der Waals surface area contributed by atoms with Crippen LogP contribution in [0.4, 0.5) is 5.69 Å². The summed E-state index contributed by atoms with van der Waals surface area (Å²) in [5.41, 5.74) is 2.37. The lowest BCUT2D eigenvalue weighted by Crippen LogP contribution is -2.25. The molecule has 0 amide bonds. The molecular weight excluding hydrogens is 364 g/mol. The van der Waals surface area contributed by atoms with Crippen LogP contribution in [0, 0.1) is 0 Å². The van der Waals surface area contributed by atoms with E-state index in [2.05, 4.69) is 15.2 Å². The van der Waals surface area contributed by atoms with Gasteiger partial charge in [0, 0.05) is 12.4 Å². The summed E-state index contributed by atoms with van der Waals surface area (Å²) >= 11 is 0. The maximum Gasteiger partial charge on any atom is 0.266 e. The van der Waals surface area contributed by atoms with Gasteiger partial charge in [0.15, 0.2) is 0 Å². The number of fused-ring (bicyclic) bond motifs is 1. The number of rotatable bonds is 4. The van der Waals surface area contributed by atoms with Gasteiger partial charge >= 0.3 is 0 Å². The monoisotopic (exact) mass is 380 g/mol. The average Bonchev–Trinajstić information content (AvgIpc) is 3.16. The van der Waals surface area contributed by atoms with Crippen molar-refractivity contribution in [2.24, 2.45) is 0 Å². The van der Waals surface area contributed by atoms with Crippen molar-refractivity contribution < 1.29 is 12.8 Å². The largest absolute Gasteiger partial charge is 0.415 e. The SMILES string of the molecule is CN(c1ccccc1-c1nnc(-c2ccc3ccccc3n2)o1)S(C)(=O)=O. The molecule has 0 saturated heterocycles. The first-order valence-electron chi connectivity index (χ1n) is 8.16. The van der Waals surface area contributed by atoms with E-state index >= 15 is 0 Å². The molecule has 4 rings (SSSR count). The first-order chi connectivity index (χ1) is 12.9. The molecule has 27 heavy (non-hydrogen) atoms. The third-order valence-electron chi connectivity index (χ3n) is 4.21. The molecule has 0 fully saturated rings. The number of nitrogens with zero attached hydrogens (tertiary/aromatic N) is 4. The molecule has 0 aliphatic rings. The highest BCUT2D eigenvalue weighted by molar-refractivity contribution is 7.92. The third kappa shape index (κ3) is 3.26. The van der Waals surface area contributed by atoms with Gasteiger partial charge < -0.3 is 4.42 Å². The van der Waals surface area contributed by atoms with Gasteiger partial charge in [0.05, 0.1) is 23.0 Å². The molecule has 0 radical (unpaired) electrons. The van der Waals surface area contributed by atoms with E-state index in [1.807, 2.05) is 36.4 Å². The molecule has 2 aromatic heterocycles. The van der Waals surface area contributed by atoms with Crippen LogP contribution >= 0.6 is 0 Å². The quantitative estimate of drug-likeness (QED) is 0.539. The lowest BCUT2D eigenvalue weighted by atomic mass is 10.2. The molecule has 136 valence electrons. The van der Waals surface area contributed by atoms with Gasteiger partial charge in [0.2, 0.25) is 15.9 Å². The molecule has 0 aliphatic heterocycles. The van der Waals surface area contributed by atoms with Crippen LogP contribution in [-0.2, 0) is 10.0 Å². The fourth-order valence-corrected chi connectivity index (χ4v) is 3.24. The van der Waals surface area contributed by atoms with Crippen LogP contribution in [0.3, 0.4) is 0 Å². The van der Waals surface area contributed by atoms with Gasteiger partial charge in [-0.05, 0) is 24.3 Å². The highest BCUT2D eigenvalue weighted by Crippen LogP contribution is 2.32. The third-order valence-corrected chi connectivity index (χ3v) is 5.41. The number of aromatic nitrogens is 3. The van der Waals surface area contributed by atoms with Crippen molar-refractivity contribution in [2.45, 2.75) is 0 Å². The molecule has 0 N–H and O–H groups in total. The second-order valence-electron chi connectivity index (χ2n) is 6.05. The van der Waals surface area contributed by atoms with Crippen molar-refractivity contribution >= 4 is 26.6 Å². The molecule has 0 spiro atoms. The maximum absolute atomic E-state index is 11.9. The summed E-state index contributed by atoms with van der Waals surface area (Å²) in [6, 6.07) is 18.5. The molecule has 0 aliphatic carbocycles. The molecule has 4 aromatic rings.